The van der Waals surface area contributed by atoms with Crippen molar-refractivity contribution >= 4 is 27.7 Å². The summed E-state index contributed by atoms with van der Waals surface area (Å²) in [5.74, 6) is 0.810. The van der Waals surface area contributed by atoms with Gasteiger partial charge in [0.25, 0.3) is 0 Å². The van der Waals surface area contributed by atoms with E-state index in [1.54, 1.807) is 12.1 Å². The van der Waals surface area contributed by atoms with Crippen molar-refractivity contribution in [2.45, 2.75) is 43.7 Å². The zero-order valence-corrected chi connectivity index (χ0v) is 13.2. The van der Waals surface area contributed by atoms with Crippen molar-refractivity contribution in [3.8, 4) is 0 Å². The van der Waals surface area contributed by atoms with Crippen LogP contribution in [-0.2, 0) is 5.75 Å². The minimum Gasteiger partial charge on any atom is -0.310 e. The molecule has 0 fully saturated rings. The Bertz CT molecular complexity index is 425. The standard InChI is InChI=1S/C14H19BrFNS/c1-3-4-17-14-5-9(2)18-8-12-11(14)6-10(16)7-13(12)15/h6-7,9,14,17H,3-5,8H2,1-2H3. The fourth-order valence-corrected chi connectivity index (χ4v) is 4.23. The average Bonchev–Trinajstić information content (AvgIpc) is 2.47. The number of hydrogen-bond donors (Lipinski definition) is 1. The van der Waals surface area contributed by atoms with Crippen molar-refractivity contribution in [1.29, 1.82) is 0 Å². The van der Waals surface area contributed by atoms with E-state index in [9.17, 15) is 4.39 Å². The maximum absolute atomic E-state index is 13.6. The van der Waals surface area contributed by atoms with Gasteiger partial charge in [-0.05, 0) is 42.6 Å². The molecule has 1 aliphatic heterocycles. The van der Waals surface area contributed by atoms with E-state index in [2.05, 4.69) is 35.1 Å². The van der Waals surface area contributed by atoms with Crippen LogP contribution in [0.4, 0.5) is 4.39 Å². The Hall–Kier alpha value is -0.0600. The summed E-state index contributed by atoms with van der Waals surface area (Å²) in [5.41, 5.74) is 2.38. The molecule has 2 unspecified atom stereocenters. The molecule has 0 amide bonds. The first kappa shape index (κ1) is 14.4. The summed E-state index contributed by atoms with van der Waals surface area (Å²) in [4.78, 5) is 0. The van der Waals surface area contributed by atoms with Gasteiger partial charge in [0.05, 0.1) is 0 Å². The minimum absolute atomic E-state index is 0.150. The third kappa shape index (κ3) is 3.28. The molecule has 1 heterocycles. The molecule has 0 bridgehead atoms. The van der Waals surface area contributed by atoms with Gasteiger partial charge in [0.2, 0.25) is 0 Å². The highest BCUT2D eigenvalue weighted by atomic mass is 79.9. The molecule has 1 aliphatic rings. The lowest BCUT2D eigenvalue weighted by Crippen LogP contribution is -2.24. The molecule has 0 aliphatic carbocycles. The monoisotopic (exact) mass is 331 g/mol. The first-order chi connectivity index (χ1) is 8.61. The quantitative estimate of drug-likeness (QED) is 0.864. The lowest BCUT2D eigenvalue weighted by Gasteiger charge is -2.21. The van der Waals surface area contributed by atoms with Gasteiger partial charge >= 0.3 is 0 Å². The van der Waals surface area contributed by atoms with Crippen molar-refractivity contribution in [2.24, 2.45) is 0 Å². The number of hydrogen-bond acceptors (Lipinski definition) is 2. The highest BCUT2D eigenvalue weighted by Crippen LogP contribution is 2.38. The molecule has 1 aromatic carbocycles. The molecule has 1 nitrogen and oxygen atoms in total. The maximum atomic E-state index is 13.6. The summed E-state index contributed by atoms with van der Waals surface area (Å²) in [6.45, 7) is 5.39. The molecule has 0 saturated heterocycles. The van der Waals surface area contributed by atoms with E-state index in [4.69, 9.17) is 0 Å². The van der Waals surface area contributed by atoms with Gasteiger partial charge in [0.1, 0.15) is 5.82 Å². The lowest BCUT2D eigenvalue weighted by atomic mass is 9.97. The van der Waals surface area contributed by atoms with Crippen LogP contribution >= 0.6 is 27.7 Å². The normalized spacial score (nSPS) is 23.6. The average molecular weight is 332 g/mol. The number of nitrogens with one attached hydrogen (secondary N) is 1. The number of benzene rings is 1. The first-order valence-corrected chi connectivity index (χ1v) is 8.28. The summed E-state index contributed by atoms with van der Waals surface area (Å²) >= 11 is 5.45. The van der Waals surface area contributed by atoms with Gasteiger partial charge in [-0.25, -0.2) is 4.39 Å². The Morgan fingerprint density at radius 1 is 1.50 bits per heavy atom. The van der Waals surface area contributed by atoms with E-state index in [-0.39, 0.29) is 11.9 Å². The molecule has 0 spiro atoms. The van der Waals surface area contributed by atoms with E-state index in [1.165, 1.54) is 5.56 Å². The Labute approximate surface area is 121 Å². The van der Waals surface area contributed by atoms with Crippen LogP contribution in [0.1, 0.15) is 43.9 Å². The number of rotatable bonds is 3. The first-order valence-electron chi connectivity index (χ1n) is 6.44. The Morgan fingerprint density at radius 3 is 3.00 bits per heavy atom. The smallest absolute Gasteiger partial charge is 0.124 e. The third-order valence-electron chi connectivity index (χ3n) is 3.29. The SMILES string of the molecule is CCCNC1CC(C)SCc2c(Br)cc(F)cc21. The number of fused-ring (bicyclic) bond motifs is 1. The van der Waals surface area contributed by atoms with Crippen molar-refractivity contribution in [3.63, 3.8) is 0 Å². The van der Waals surface area contributed by atoms with Gasteiger partial charge in [0, 0.05) is 21.5 Å². The van der Waals surface area contributed by atoms with Crippen LogP contribution in [0.3, 0.4) is 0 Å². The predicted octanol–water partition coefficient (Wildman–Crippen LogP) is 4.65. The van der Waals surface area contributed by atoms with Crippen LogP contribution in [-0.4, -0.2) is 11.8 Å². The molecule has 2 atom stereocenters. The molecule has 0 radical (unpaired) electrons. The topological polar surface area (TPSA) is 12.0 Å². The minimum atomic E-state index is -0.150. The van der Waals surface area contributed by atoms with Crippen LogP contribution in [0.15, 0.2) is 16.6 Å². The summed E-state index contributed by atoms with van der Waals surface area (Å²) in [7, 11) is 0. The number of halogens is 2. The van der Waals surface area contributed by atoms with Gasteiger partial charge in [-0.3, -0.25) is 0 Å². The van der Waals surface area contributed by atoms with E-state index >= 15 is 0 Å². The molecule has 2 rings (SSSR count). The fourth-order valence-electron chi connectivity index (χ4n) is 2.35. The molecular weight excluding hydrogens is 313 g/mol. The van der Waals surface area contributed by atoms with E-state index in [1.807, 2.05) is 11.8 Å². The van der Waals surface area contributed by atoms with Crippen LogP contribution in [0.5, 0.6) is 0 Å². The zero-order valence-electron chi connectivity index (χ0n) is 10.8. The highest BCUT2D eigenvalue weighted by molar-refractivity contribution is 9.10. The van der Waals surface area contributed by atoms with E-state index < -0.39 is 0 Å². The Kier molecular flexibility index (Phi) is 5.10. The lowest BCUT2D eigenvalue weighted by molar-refractivity contribution is 0.496. The Balaban J connectivity index is 2.36. The highest BCUT2D eigenvalue weighted by Gasteiger charge is 2.24. The molecule has 1 N–H and O–H groups in total. The maximum Gasteiger partial charge on any atom is 0.124 e. The Morgan fingerprint density at radius 2 is 2.28 bits per heavy atom. The van der Waals surface area contributed by atoms with Gasteiger partial charge in [-0.1, -0.05) is 29.8 Å². The largest absolute Gasteiger partial charge is 0.310 e. The second-order valence-corrected chi connectivity index (χ2v) is 7.10. The molecular formula is C14H19BrFNS. The molecule has 4 heteroatoms. The van der Waals surface area contributed by atoms with Crippen LogP contribution in [0.2, 0.25) is 0 Å². The van der Waals surface area contributed by atoms with Crippen molar-refractivity contribution in [2.75, 3.05) is 6.54 Å². The van der Waals surface area contributed by atoms with Crippen molar-refractivity contribution < 1.29 is 4.39 Å². The second kappa shape index (κ2) is 6.40. The zero-order chi connectivity index (χ0) is 13.1. The van der Waals surface area contributed by atoms with Gasteiger partial charge in [0.15, 0.2) is 0 Å². The summed E-state index contributed by atoms with van der Waals surface area (Å²) in [6.07, 6.45) is 2.16. The predicted molar refractivity (Wildman–Crippen MR) is 80.5 cm³/mol. The van der Waals surface area contributed by atoms with Gasteiger partial charge < -0.3 is 5.32 Å². The van der Waals surface area contributed by atoms with Crippen molar-refractivity contribution in [1.82, 2.24) is 5.32 Å². The van der Waals surface area contributed by atoms with Crippen LogP contribution < -0.4 is 5.32 Å². The van der Waals surface area contributed by atoms with Crippen LogP contribution in [0, 0.1) is 5.82 Å². The molecule has 0 aromatic heterocycles. The molecule has 100 valence electrons. The van der Waals surface area contributed by atoms with Gasteiger partial charge in [-0.15, -0.1) is 0 Å². The second-order valence-electron chi connectivity index (χ2n) is 4.82. The molecule has 1 aromatic rings. The van der Waals surface area contributed by atoms with Crippen LogP contribution in [0.25, 0.3) is 0 Å². The summed E-state index contributed by atoms with van der Waals surface area (Å²) in [5, 5.41) is 4.15. The summed E-state index contributed by atoms with van der Waals surface area (Å²) < 4.78 is 14.5. The van der Waals surface area contributed by atoms with E-state index in [0.29, 0.717) is 5.25 Å². The molecule has 18 heavy (non-hydrogen) atoms. The fraction of sp³-hybridized carbons (Fsp3) is 0.571. The van der Waals surface area contributed by atoms with Gasteiger partial charge in [-0.2, -0.15) is 11.8 Å². The number of thioether (sulfide) groups is 1. The molecule has 0 saturated carbocycles. The van der Waals surface area contributed by atoms with E-state index in [0.717, 1.165) is 35.2 Å². The summed E-state index contributed by atoms with van der Waals surface area (Å²) in [6, 6.07) is 3.55. The third-order valence-corrected chi connectivity index (χ3v) is 5.22. The van der Waals surface area contributed by atoms with Crippen molar-refractivity contribution in [3.05, 3.63) is 33.5 Å².